The predicted molar refractivity (Wildman–Crippen MR) is 67.0 cm³/mol. The van der Waals surface area contributed by atoms with Crippen molar-refractivity contribution in [2.24, 2.45) is 0 Å². The molecule has 2 rings (SSSR count). The van der Waals surface area contributed by atoms with Crippen LogP contribution in [0.15, 0.2) is 35.7 Å². The summed E-state index contributed by atoms with van der Waals surface area (Å²) in [6.07, 6.45) is 0. The van der Waals surface area contributed by atoms with Gasteiger partial charge in [0.2, 0.25) is 0 Å². The highest BCUT2D eigenvalue weighted by Crippen LogP contribution is 2.28. The molecule has 0 unspecified atom stereocenters. The van der Waals surface area contributed by atoms with Gasteiger partial charge in [0.05, 0.1) is 0 Å². The lowest BCUT2D eigenvalue weighted by Gasteiger charge is -1.99. The molecule has 0 aliphatic heterocycles. The molecule has 1 heteroatoms. The van der Waals surface area contributed by atoms with Gasteiger partial charge in [-0.2, -0.15) is 0 Å². The lowest BCUT2D eigenvalue weighted by atomic mass is 10.1. The van der Waals surface area contributed by atoms with E-state index >= 15 is 0 Å². The Balaban J connectivity index is 2.38. The van der Waals surface area contributed by atoms with Gasteiger partial charge in [-0.3, -0.25) is 0 Å². The first-order valence-electron chi connectivity index (χ1n) is 4.88. The molecule has 0 radical (unpaired) electrons. The van der Waals surface area contributed by atoms with Crippen LogP contribution < -0.4 is 0 Å². The summed E-state index contributed by atoms with van der Waals surface area (Å²) in [4.78, 5) is 1.35. The first-order valence-corrected chi connectivity index (χ1v) is 5.76. The molecule has 2 aromatic rings. The van der Waals surface area contributed by atoms with Crippen molar-refractivity contribution >= 4 is 11.3 Å². The molecule has 0 saturated heterocycles. The molecule has 0 amide bonds. The third-order valence-electron chi connectivity index (χ3n) is 2.28. The molecule has 74 valence electrons. The van der Waals surface area contributed by atoms with Crippen molar-refractivity contribution in [3.63, 3.8) is 0 Å². The van der Waals surface area contributed by atoms with E-state index in [1.807, 2.05) is 6.92 Å². The fraction of sp³-hybridized carbons (Fsp3) is 0.143. The minimum atomic E-state index is 1.08. The van der Waals surface area contributed by atoms with E-state index < -0.39 is 0 Å². The molecule has 0 spiro atoms. The Morgan fingerprint density at radius 3 is 2.33 bits per heavy atom. The van der Waals surface area contributed by atoms with E-state index in [0.717, 1.165) is 5.56 Å². The van der Waals surface area contributed by atoms with Crippen molar-refractivity contribution in [2.45, 2.75) is 13.8 Å². The van der Waals surface area contributed by atoms with Crippen LogP contribution >= 0.6 is 11.3 Å². The van der Waals surface area contributed by atoms with Crippen LogP contribution in [-0.4, -0.2) is 0 Å². The van der Waals surface area contributed by atoms with Gasteiger partial charge in [0.25, 0.3) is 0 Å². The third kappa shape index (κ3) is 2.11. The van der Waals surface area contributed by atoms with Crippen molar-refractivity contribution in [1.82, 2.24) is 0 Å². The summed E-state index contributed by atoms with van der Waals surface area (Å²) in [5, 5.41) is 2.13. The maximum absolute atomic E-state index is 3.05. The normalized spacial score (nSPS) is 9.47. The van der Waals surface area contributed by atoms with E-state index in [1.165, 1.54) is 16.0 Å². The highest BCUT2D eigenvalue weighted by atomic mass is 32.1. The van der Waals surface area contributed by atoms with E-state index in [1.54, 1.807) is 11.3 Å². The smallest absolute Gasteiger partial charge is 0.0371 e. The van der Waals surface area contributed by atoms with Gasteiger partial charge < -0.3 is 0 Å². The third-order valence-corrected chi connectivity index (χ3v) is 3.34. The number of thiophene rings is 1. The van der Waals surface area contributed by atoms with Crippen LogP contribution in [0.4, 0.5) is 0 Å². The van der Waals surface area contributed by atoms with Crippen LogP contribution in [0, 0.1) is 18.8 Å². The van der Waals surface area contributed by atoms with Crippen LogP contribution in [0.1, 0.15) is 18.1 Å². The van der Waals surface area contributed by atoms with Gasteiger partial charge in [-0.15, -0.1) is 17.3 Å². The highest BCUT2D eigenvalue weighted by Gasteiger charge is 2.02. The van der Waals surface area contributed by atoms with Crippen LogP contribution in [0.25, 0.3) is 10.4 Å². The van der Waals surface area contributed by atoms with E-state index in [2.05, 4.69) is 54.5 Å². The Labute approximate surface area is 94.6 Å². The van der Waals surface area contributed by atoms with Gasteiger partial charge in [-0.05, 0) is 48.6 Å². The molecule has 0 saturated carbocycles. The fourth-order valence-electron chi connectivity index (χ4n) is 1.52. The molecule has 0 fully saturated rings. The average Bonchev–Trinajstić information content (AvgIpc) is 2.66. The van der Waals surface area contributed by atoms with Gasteiger partial charge in [0.15, 0.2) is 0 Å². The Hall–Kier alpha value is -1.52. The Kier molecular flexibility index (Phi) is 2.89. The molecular weight excluding hydrogens is 200 g/mol. The molecule has 0 bridgehead atoms. The predicted octanol–water partition coefficient (Wildman–Crippen LogP) is 4.09. The fourth-order valence-corrected chi connectivity index (χ4v) is 2.45. The Bertz CT molecular complexity index is 506. The monoisotopic (exact) mass is 212 g/mol. The zero-order valence-corrected chi connectivity index (χ0v) is 9.69. The van der Waals surface area contributed by atoms with Gasteiger partial charge in [0, 0.05) is 10.4 Å². The van der Waals surface area contributed by atoms with E-state index in [-0.39, 0.29) is 0 Å². The van der Waals surface area contributed by atoms with E-state index in [9.17, 15) is 0 Å². The SMILES string of the molecule is CC#Cc1ccc(-c2sccc2C)cc1. The van der Waals surface area contributed by atoms with Gasteiger partial charge in [-0.1, -0.05) is 18.1 Å². The van der Waals surface area contributed by atoms with Gasteiger partial charge in [0.1, 0.15) is 0 Å². The van der Waals surface area contributed by atoms with Gasteiger partial charge in [-0.25, -0.2) is 0 Å². The van der Waals surface area contributed by atoms with Crippen molar-refractivity contribution in [3.05, 3.63) is 46.8 Å². The summed E-state index contributed by atoms with van der Waals surface area (Å²) in [6, 6.07) is 10.6. The lowest BCUT2D eigenvalue weighted by Crippen LogP contribution is -1.77. The zero-order valence-electron chi connectivity index (χ0n) is 8.87. The molecule has 1 aromatic heterocycles. The molecule has 15 heavy (non-hydrogen) atoms. The summed E-state index contributed by atoms with van der Waals surface area (Å²) < 4.78 is 0. The second kappa shape index (κ2) is 4.33. The minimum Gasteiger partial charge on any atom is -0.144 e. The summed E-state index contributed by atoms with van der Waals surface area (Å²) >= 11 is 1.79. The quantitative estimate of drug-likeness (QED) is 0.624. The second-order valence-electron chi connectivity index (χ2n) is 3.39. The van der Waals surface area contributed by atoms with Crippen LogP contribution in [0.5, 0.6) is 0 Å². The van der Waals surface area contributed by atoms with E-state index in [0.29, 0.717) is 0 Å². The van der Waals surface area contributed by atoms with Crippen molar-refractivity contribution in [1.29, 1.82) is 0 Å². The number of benzene rings is 1. The molecule has 1 heterocycles. The summed E-state index contributed by atoms with van der Waals surface area (Å²) in [5.74, 6) is 5.95. The van der Waals surface area contributed by atoms with E-state index in [4.69, 9.17) is 0 Å². The molecule has 0 atom stereocenters. The largest absolute Gasteiger partial charge is 0.144 e. The zero-order chi connectivity index (χ0) is 10.7. The first-order chi connectivity index (χ1) is 7.31. The molecular formula is C14H12S. The summed E-state index contributed by atoms with van der Waals surface area (Å²) in [6.45, 7) is 4.00. The van der Waals surface area contributed by atoms with Crippen molar-refractivity contribution in [3.8, 4) is 22.3 Å². The molecule has 0 aliphatic carbocycles. The molecule has 0 N–H and O–H groups in total. The maximum atomic E-state index is 3.05. The summed E-state index contributed by atoms with van der Waals surface area (Å²) in [5.41, 5.74) is 3.70. The highest BCUT2D eigenvalue weighted by molar-refractivity contribution is 7.13. The first kappa shape index (κ1) is 10.0. The Morgan fingerprint density at radius 1 is 1.07 bits per heavy atom. The molecule has 0 nitrogen and oxygen atoms in total. The maximum Gasteiger partial charge on any atom is 0.0371 e. The number of rotatable bonds is 1. The van der Waals surface area contributed by atoms with Crippen LogP contribution in [0.3, 0.4) is 0 Å². The minimum absolute atomic E-state index is 1.08. The summed E-state index contributed by atoms with van der Waals surface area (Å²) in [7, 11) is 0. The number of aryl methyl sites for hydroxylation is 1. The second-order valence-corrected chi connectivity index (χ2v) is 4.30. The van der Waals surface area contributed by atoms with Crippen LogP contribution in [-0.2, 0) is 0 Å². The number of hydrogen-bond acceptors (Lipinski definition) is 1. The topological polar surface area (TPSA) is 0 Å². The van der Waals surface area contributed by atoms with Crippen molar-refractivity contribution in [2.75, 3.05) is 0 Å². The lowest BCUT2D eigenvalue weighted by molar-refractivity contribution is 1.53. The molecule has 1 aromatic carbocycles. The van der Waals surface area contributed by atoms with Crippen molar-refractivity contribution < 1.29 is 0 Å². The van der Waals surface area contributed by atoms with Gasteiger partial charge >= 0.3 is 0 Å². The van der Waals surface area contributed by atoms with Crippen LogP contribution in [0.2, 0.25) is 0 Å². The average molecular weight is 212 g/mol. The standard InChI is InChI=1S/C14H12S/c1-3-4-12-5-7-13(8-6-12)14-11(2)9-10-15-14/h5-10H,1-2H3. The Morgan fingerprint density at radius 2 is 1.80 bits per heavy atom. The molecule has 0 aliphatic rings. The number of hydrogen-bond donors (Lipinski definition) is 0.